The van der Waals surface area contributed by atoms with Gasteiger partial charge in [-0.3, -0.25) is 4.79 Å². The van der Waals surface area contributed by atoms with Gasteiger partial charge in [0.15, 0.2) is 6.29 Å². The fourth-order valence-electron chi connectivity index (χ4n) is 2.37. The van der Waals surface area contributed by atoms with Gasteiger partial charge in [0.05, 0.1) is 25.2 Å². The molecular weight excluding hydrogens is 268 g/mol. The van der Waals surface area contributed by atoms with Gasteiger partial charge in [0.2, 0.25) is 0 Å². The monoisotopic (exact) mass is 292 g/mol. The number of carbonyl (C=O) groups excluding carboxylic acids is 1. The SMILES string of the molecule is CCCCOC(=O)C[C@@H]1C[C@H](C)O[C@H](c2ccccc2)O1. The number of benzene rings is 1. The van der Waals surface area contributed by atoms with Gasteiger partial charge in [-0.15, -0.1) is 0 Å². The Kier molecular flexibility index (Phi) is 6.21. The lowest BCUT2D eigenvalue weighted by Gasteiger charge is -2.34. The predicted octanol–water partition coefficient (Wildman–Crippen LogP) is 3.61. The fraction of sp³-hybridized carbons (Fsp3) is 0.588. The quantitative estimate of drug-likeness (QED) is 0.593. The summed E-state index contributed by atoms with van der Waals surface area (Å²) < 4.78 is 16.9. The van der Waals surface area contributed by atoms with Gasteiger partial charge in [0, 0.05) is 12.0 Å². The Morgan fingerprint density at radius 1 is 1.29 bits per heavy atom. The zero-order valence-electron chi connectivity index (χ0n) is 12.8. The van der Waals surface area contributed by atoms with E-state index in [0.29, 0.717) is 19.4 Å². The maximum atomic E-state index is 11.8. The molecule has 4 nitrogen and oxygen atoms in total. The smallest absolute Gasteiger partial charge is 0.308 e. The summed E-state index contributed by atoms with van der Waals surface area (Å²) in [5.41, 5.74) is 0.980. The second-order valence-electron chi connectivity index (χ2n) is 5.46. The van der Waals surface area contributed by atoms with Crippen molar-refractivity contribution in [3.8, 4) is 0 Å². The molecule has 0 unspecified atom stereocenters. The summed E-state index contributed by atoms with van der Waals surface area (Å²) >= 11 is 0. The molecule has 116 valence electrons. The number of carbonyl (C=O) groups is 1. The second-order valence-corrected chi connectivity index (χ2v) is 5.46. The summed E-state index contributed by atoms with van der Waals surface area (Å²) in [5, 5.41) is 0. The lowest BCUT2D eigenvalue weighted by molar-refractivity contribution is -0.245. The first-order chi connectivity index (χ1) is 10.2. The van der Waals surface area contributed by atoms with Gasteiger partial charge < -0.3 is 14.2 Å². The summed E-state index contributed by atoms with van der Waals surface area (Å²) in [6, 6.07) is 9.81. The Hall–Kier alpha value is -1.39. The van der Waals surface area contributed by atoms with Crippen LogP contribution in [-0.4, -0.2) is 24.8 Å². The maximum absolute atomic E-state index is 11.8. The van der Waals surface area contributed by atoms with Crippen LogP contribution in [0.1, 0.15) is 51.4 Å². The van der Waals surface area contributed by atoms with E-state index in [9.17, 15) is 4.79 Å². The normalized spacial score (nSPS) is 25.5. The third kappa shape index (κ3) is 5.14. The van der Waals surface area contributed by atoms with Crippen molar-refractivity contribution in [3.63, 3.8) is 0 Å². The molecule has 1 aliphatic rings. The van der Waals surface area contributed by atoms with Crippen molar-refractivity contribution in [1.82, 2.24) is 0 Å². The summed E-state index contributed by atoms with van der Waals surface area (Å²) in [5.74, 6) is -0.186. The van der Waals surface area contributed by atoms with E-state index in [1.807, 2.05) is 37.3 Å². The van der Waals surface area contributed by atoms with Crippen LogP contribution in [0.15, 0.2) is 30.3 Å². The molecule has 1 aromatic carbocycles. The van der Waals surface area contributed by atoms with Gasteiger partial charge in [-0.1, -0.05) is 43.7 Å². The van der Waals surface area contributed by atoms with Gasteiger partial charge in [0.1, 0.15) is 0 Å². The minimum Gasteiger partial charge on any atom is -0.466 e. The molecule has 0 amide bonds. The van der Waals surface area contributed by atoms with Crippen molar-refractivity contribution in [3.05, 3.63) is 35.9 Å². The molecule has 1 heterocycles. The number of hydrogen-bond donors (Lipinski definition) is 0. The molecule has 1 aromatic rings. The standard InChI is InChI=1S/C17H24O4/c1-3-4-10-19-16(18)12-15-11-13(2)20-17(21-15)14-8-6-5-7-9-14/h5-9,13,15,17H,3-4,10-12H2,1-2H3/t13-,15-,17-/m0/s1. The largest absolute Gasteiger partial charge is 0.466 e. The van der Waals surface area contributed by atoms with E-state index >= 15 is 0 Å². The van der Waals surface area contributed by atoms with Gasteiger partial charge in [0.25, 0.3) is 0 Å². The minimum absolute atomic E-state index is 0.0670. The average Bonchev–Trinajstić information content (AvgIpc) is 2.48. The minimum atomic E-state index is -0.400. The van der Waals surface area contributed by atoms with Crippen molar-refractivity contribution in [2.45, 2.75) is 58.0 Å². The molecule has 1 fully saturated rings. The molecule has 0 spiro atoms. The zero-order valence-corrected chi connectivity index (χ0v) is 12.8. The van der Waals surface area contributed by atoms with Gasteiger partial charge in [-0.25, -0.2) is 0 Å². The summed E-state index contributed by atoms with van der Waals surface area (Å²) in [6.45, 7) is 4.58. The van der Waals surface area contributed by atoms with Crippen LogP contribution < -0.4 is 0 Å². The molecule has 21 heavy (non-hydrogen) atoms. The molecule has 2 rings (SSSR count). The van der Waals surface area contributed by atoms with Crippen LogP contribution in [-0.2, 0) is 19.0 Å². The number of unbranched alkanes of at least 4 members (excludes halogenated alkanes) is 1. The predicted molar refractivity (Wildman–Crippen MR) is 79.7 cm³/mol. The van der Waals surface area contributed by atoms with E-state index in [2.05, 4.69) is 6.92 Å². The lowest BCUT2D eigenvalue weighted by atomic mass is 10.1. The summed E-state index contributed by atoms with van der Waals surface area (Å²) in [6.07, 6.45) is 2.46. The molecule has 0 aliphatic carbocycles. The second kappa shape index (κ2) is 8.15. The fourth-order valence-corrected chi connectivity index (χ4v) is 2.37. The van der Waals surface area contributed by atoms with Crippen molar-refractivity contribution in [1.29, 1.82) is 0 Å². The summed E-state index contributed by atoms with van der Waals surface area (Å²) in [4.78, 5) is 11.8. The van der Waals surface area contributed by atoms with Crippen LogP contribution in [0.4, 0.5) is 0 Å². The van der Waals surface area contributed by atoms with Crippen molar-refractivity contribution in [2.75, 3.05) is 6.61 Å². The van der Waals surface area contributed by atoms with Crippen molar-refractivity contribution in [2.24, 2.45) is 0 Å². The Morgan fingerprint density at radius 2 is 2.05 bits per heavy atom. The van der Waals surface area contributed by atoms with Crippen molar-refractivity contribution >= 4 is 5.97 Å². The van der Waals surface area contributed by atoms with E-state index in [4.69, 9.17) is 14.2 Å². The number of esters is 1. The van der Waals surface area contributed by atoms with E-state index in [0.717, 1.165) is 18.4 Å². The molecule has 4 heteroatoms. The van der Waals surface area contributed by atoms with Gasteiger partial charge in [-0.2, -0.15) is 0 Å². The van der Waals surface area contributed by atoms with E-state index < -0.39 is 6.29 Å². The van der Waals surface area contributed by atoms with Crippen LogP contribution in [0.5, 0.6) is 0 Å². The zero-order chi connectivity index (χ0) is 15.1. The highest BCUT2D eigenvalue weighted by atomic mass is 16.7. The van der Waals surface area contributed by atoms with Crippen LogP contribution >= 0.6 is 0 Å². The highest BCUT2D eigenvalue weighted by molar-refractivity contribution is 5.69. The highest BCUT2D eigenvalue weighted by Gasteiger charge is 2.30. The van der Waals surface area contributed by atoms with Gasteiger partial charge >= 0.3 is 5.97 Å². The number of rotatable bonds is 6. The Labute approximate surface area is 126 Å². The Balaban J connectivity index is 1.87. The van der Waals surface area contributed by atoms with E-state index in [1.165, 1.54) is 0 Å². The molecular formula is C17H24O4. The molecule has 1 saturated heterocycles. The molecule has 0 radical (unpaired) electrons. The first-order valence-corrected chi connectivity index (χ1v) is 7.70. The summed E-state index contributed by atoms with van der Waals surface area (Å²) in [7, 11) is 0. The third-order valence-corrected chi connectivity index (χ3v) is 3.49. The maximum Gasteiger partial charge on any atom is 0.308 e. The molecule has 3 atom stereocenters. The van der Waals surface area contributed by atoms with Crippen LogP contribution in [0, 0.1) is 0 Å². The Morgan fingerprint density at radius 3 is 2.76 bits per heavy atom. The first-order valence-electron chi connectivity index (χ1n) is 7.70. The molecule has 0 bridgehead atoms. The highest BCUT2D eigenvalue weighted by Crippen LogP contribution is 2.30. The van der Waals surface area contributed by atoms with Gasteiger partial charge in [-0.05, 0) is 13.3 Å². The van der Waals surface area contributed by atoms with Crippen LogP contribution in [0.2, 0.25) is 0 Å². The van der Waals surface area contributed by atoms with Crippen LogP contribution in [0.3, 0.4) is 0 Å². The molecule has 0 aromatic heterocycles. The molecule has 0 N–H and O–H groups in total. The van der Waals surface area contributed by atoms with E-state index in [-0.39, 0.29) is 18.2 Å². The number of ether oxygens (including phenoxy) is 3. The first kappa shape index (κ1) is 16.0. The average molecular weight is 292 g/mol. The number of hydrogen-bond acceptors (Lipinski definition) is 4. The van der Waals surface area contributed by atoms with Crippen molar-refractivity contribution < 1.29 is 19.0 Å². The van der Waals surface area contributed by atoms with Crippen LogP contribution in [0.25, 0.3) is 0 Å². The topological polar surface area (TPSA) is 44.8 Å². The molecule has 0 saturated carbocycles. The lowest BCUT2D eigenvalue weighted by Crippen LogP contribution is -2.34. The van der Waals surface area contributed by atoms with E-state index in [1.54, 1.807) is 0 Å². The third-order valence-electron chi connectivity index (χ3n) is 3.49. The Bertz CT molecular complexity index is 432. The molecule has 1 aliphatic heterocycles.